The van der Waals surface area contributed by atoms with Gasteiger partial charge in [0.2, 0.25) is 0 Å². The molecule has 0 radical (unpaired) electrons. The zero-order valence-electron chi connectivity index (χ0n) is 12.0. The largest absolute Gasteiger partial charge is 0.478 e. The molecular formula is C16H22N2O2. The summed E-state index contributed by atoms with van der Waals surface area (Å²) in [7, 11) is 0. The Balaban J connectivity index is 1.78. The summed E-state index contributed by atoms with van der Waals surface area (Å²) < 4.78 is 0. The van der Waals surface area contributed by atoms with Gasteiger partial charge in [-0.3, -0.25) is 4.90 Å². The highest BCUT2D eigenvalue weighted by Gasteiger charge is 2.30. The Hall–Kier alpha value is -1.55. The number of hydrogen-bond acceptors (Lipinski definition) is 3. The van der Waals surface area contributed by atoms with Crippen LogP contribution in [0, 0.1) is 6.92 Å². The number of carboxylic acid groups (broad SMARTS) is 1. The lowest BCUT2D eigenvalue weighted by Crippen LogP contribution is -2.35. The number of rotatable bonds is 3. The van der Waals surface area contributed by atoms with Crippen LogP contribution in [0.5, 0.6) is 0 Å². The predicted molar refractivity (Wildman–Crippen MR) is 79.6 cm³/mol. The molecule has 1 unspecified atom stereocenters. The quantitative estimate of drug-likeness (QED) is 0.919. The van der Waals surface area contributed by atoms with Crippen LogP contribution < -0.4 is 4.90 Å². The maximum atomic E-state index is 11.4. The number of likely N-dealkylation sites (tertiary alicyclic amines) is 1. The van der Waals surface area contributed by atoms with E-state index in [0.29, 0.717) is 11.6 Å². The van der Waals surface area contributed by atoms with Crippen molar-refractivity contribution in [2.24, 2.45) is 0 Å². The molecule has 2 fully saturated rings. The molecule has 20 heavy (non-hydrogen) atoms. The van der Waals surface area contributed by atoms with Crippen LogP contribution in [0.15, 0.2) is 18.2 Å². The fraction of sp³-hybridized carbons (Fsp3) is 0.562. The number of aryl methyl sites for hydroxylation is 1. The number of benzene rings is 1. The van der Waals surface area contributed by atoms with Crippen molar-refractivity contribution in [1.82, 2.24) is 4.90 Å². The van der Waals surface area contributed by atoms with Crippen molar-refractivity contribution in [3.63, 3.8) is 0 Å². The fourth-order valence-corrected chi connectivity index (χ4v) is 3.46. The summed E-state index contributed by atoms with van der Waals surface area (Å²) in [6, 6.07) is 6.34. The summed E-state index contributed by atoms with van der Waals surface area (Å²) in [6.07, 6.45) is 3.76. The summed E-state index contributed by atoms with van der Waals surface area (Å²) >= 11 is 0. The Morgan fingerprint density at radius 3 is 2.70 bits per heavy atom. The van der Waals surface area contributed by atoms with Gasteiger partial charge in [-0.25, -0.2) is 4.79 Å². The van der Waals surface area contributed by atoms with E-state index in [4.69, 9.17) is 0 Å². The molecule has 4 nitrogen and oxygen atoms in total. The molecule has 1 atom stereocenters. The molecule has 0 amide bonds. The molecule has 4 heteroatoms. The van der Waals surface area contributed by atoms with Crippen LogP contribution in [0.25, 0.3) is 0 Å². The molecule has 1 aromatic carbocycles. The Morgan fingerprint density at radius 1 is 1.25 bits per heavy atom. The molecule has 0 bridgehead atoms. The summed E-state index contributed by atoms with van der Waals surface area (Å²) in [5.41, 5.74) is 2.32. The Kier molecular flexibility index (Phi) is 3.66. The molecule has 2 aliphatic rings. The molecule has 1 N–H and O–H groups in total. The van der Waals surface area contributed by atoms with E-state index in [1.54, 1.807) is 6.07 Å². The van der Waals surface area contributed by atoms with Crippen LogP contribution in [-0.2, 0) is 0 Å². The number of carbonyl (C=O) groups is 1. The van der Waals surface area contributed by atoms with E-state index in [-0.39, 0.29) is 0 Å². The van der Waals surface area contributed by atoms with Crippen molar-refractivity contribution in [2.45, 2.75) is 32.2 Å². The highest BCUT2D eigenvalue weighted by molar-refractivity contribution is 5.94. The monoisotopic (exact) mass is 274 g/mol. The average molecular weight is 274 g/mol. The zero-order chi connectivity index (χ0) is 14.1. The van der Waals surface area contributed by atoms with Crippen molar-refractivity contribution < 1.29 is 9.90 Å². The summed E-state index contributed by atoms with van der Waals surface area (Å²) in [6.45, 7) is 6.28. The summed E-state index contributed by atoms with van der Waals surface area (Å²) in [4.78, 5) is 16.2. The first kappa shape index (κ1) is 13.4. The second-order valence-corrected chi connectivity index (χ2v) is 5.96. The first-order valence-electron chi connectivity index (χ1n) is 7.48. The van der Waals surface area contributed by atoms with Gasteiger partial charge >= 0.3 is 5.97 Å². The Labute approximate surface area is 120 Å². The van der Waals surface area contributed by atoms with E-state index >= 15 is 0 Å². The maximum absolute atomic E-state index is 11.4. The first-order valence-corrected chi connectivity index (χ1v) is 7.48. The van der Waals surface area contributed by atoms with Crippen LogP contribution in [0.2, 0.25) is 0 Å². The standard InChI is InChI=1S/C16H22N2O2/c1-12-4-5-15(14(10-12)16(19)20)18-9-6-13(11-18)17-7-2-3-8-17/h4-5,10,13H,2-3,6-9,11H2,1H3,(H,19,20). The molecular weight excluding hydrogens is 252 g/mol. The highest BCUT2D eigenvalue weighted by Crippen LogP contribution is 2.28. The third-order valence-electron chi connectivity index (χ3n) is 4.54. The maximum Gasteiger partial charge on any atom is 0.337 e. The van der Waals surface area contributed by atoms with Gasteiger partial charge < -0.3 is 10.0 Å². The molecule has 2 heterocycles. The van der Waals surface area contributed by atoms with Gasteiger partial charge in [-0.05, 0) is 51.4 Å². The van der Waals surface area contributed by atoms with Crippen LogP contribution >= 0.6 is 0 Å². The lowest BCUT2D eigenvalue weighted by molar-refractivity contribution is 0.0697. The minimum atomic E-state index is -0.826. The molecule has 1 aromatic rings. The third-order valence-corrected chi connectivity index (χ3v) is 4.54. The van der Waals surface area contributed by atoms with Crippen molar-refractivity contribution in [2.75, 3.05) is 31.1 Å². The molecule has 0 aromatic heterocycles. The van der Waals surface area contributed by atoms with E-state index in [2.05, 4.69) is 9.80 Å². The normalized spacial score (nSPS) is 23.4. The Morgan fingerprint density at radius 2 is 2.00 bits per heavy atom. The zero-order valence-corrected chi connectivity index (χ0v) is 12.0. The predicted octanol–water partition coefficient (Wildman–Crippen LogP) is 2.37. The smallest absolute Gasteiger partial charge is 0.337 e. The number of carboxylic acids is 1. The molecule has 108 valence electrons. The number of aromatic carboxylic acids is 1. The SMILES string of the molecule is Cc1ccc(N2CCC(N3CCCC3)C2)c(C(=O)O)c1. The van der Waals surface area contributed by atoms with Crippen LogP contribution in [0.1, 0.15) is 35.2 Å². The van der Waals surface area contributed by atoms with E-state index in [1.165, 1.54) is 25.9 Å². The minimum absolute atomic E-state index is 0.437. The highest BCUT2D eigenvalue weighted by atomic mass is 16.4. The first-order chi connectivity index (χ1) is 9.65. The van der Waals surface area contributed by atoms with Gasteiger partial charge in [0.1, 0.15) is 0 Å². The van der Waals surface area contributed by atoms with E-state index in [1.807, 2.05) is 19.1 Å². The van der Waals surface area contributed by atoms with Gasteiger partial charge in [-0.2, -0.15) is 0 Å². The fourth-order valence-electron chi connectivity index (χ4n) is 3.46. The van der Waals surface area contributed by atoms with Gasteiger partial charge in [0.25, 0.3) is 0 Å². The molecule has 3 rings (SSSR count). The van der Waals surface area contributed by atoms with Crippen molar-refractivity contribution in [3.05, 3.63) is 29.3 Å². The van der Waals surface area contributed by atoms with E-state index < -0.39 is 5.97 Å². The molecule has 0 saturated carbocycles. The van der Waals surface area contributed by atoms with Gasteiger partial charge in [0.05, 0.1) is 11.3 Å². The lowest BCUT2D eigenvalue weighted by atomic mass is 10.1. The third kappa shape index (κ3) is 2.52. The van der Waals surface area contributed by atoms with E-state index in [0.717, 1.165) is 30.8 Å². The van der Waals surface area contributed by atoms with Crippen LogP contribution in [0.4, 0.5) is 5.69 Å². The molecule has 0 spiro atoms. The van der Waals surface area contributed by atoms with Gasteiger partial charge in [0, 0.05) is 19.1 Å². The summed E-state index contributed by atoms with van der Waals surface area (Å²) in [5, 5.41) is 9.39. The van der Waals surface area contributed by atoms with Gasteiger partial charge in [-0.15, -0.1) is 0 Å². The summed E-state index contributed by atoms with van der Waals surface area (Å²) in [5.74, 6) is -0.826. The minimum Gasteiger partial charge on any atom is -0.478 e. The molecule has 2 aliphatic heterocycles. The second kappa shape index (κ2) is 5.44. The topological polar surface area (TPSA) is 43.8 Å². The van der Waals surface area contributed by atoms with Crippen molar-refractivity contribution >= 4 is 11.7 Å². The average Bonchev–Trinajstić information content (AvgIpc) is 3.09. The number of nitrogens with zero attached hydrogens (tertiary/aromatic N) is 2. The number of hydrogen-bond donors (Lipinski definition) is 1. The molecule has 0 aliphatic carbocycles. The van der Waals surface area contributed by atoms with E-state index in [9.17, 15) is 9.90 Å². The number of anilines is 1. The van der Waals surface area contributed by atoms with Crippen LogP contribution in [-0.4, -0.2) is 48.2 Å². The lowest BCUT2D eigenvalue weighted by Gasteiger charge is -2.25. The second-order valence-electron chi connectivity index (χ2n) is 5.96. The van der Waals surface area contributed by atoms with Crippen LogP contribution in [0.3, 0.4) is 0 Å². The molecule has 2 saturated heterocycles. The van der Waals surface area contributed by atoms with Gasteiger partial charge in [-0.1, -0.05) is 11.6 Å². The Bertz CT molecular complexity index is 509. The van der Waals surface area contributed by atoms with Crippen molar-refractivity contribution in [3.8, 4) is 0 Å². The van der Waals surface area contributed by atoms with Crippen molar-refractivity contribution in [1.29, 1.82) is 0 Å². The van der Waals surface area contributed by atoms with Gasteiger partial charge in [0.15, 0.2) is 0 Å².